The molecule has 1 aromatic carbocycles. The number of rotatable bonds is 7. The quantitative estimate of drug-likeness (QED) is 0.701. The van der Waals surface area contributed by atoms with Crippen LogP contribution in [0.1, 0.15) is 16.8 Å². The monoisotopic (exact) mass is 365 g/mol. The molecule has 1 heterocycles. The summed E-state index contributed by atoms with van der Waals surface area (Å²) in [6.45, 7) is 1.86. The molecule has 0 aliphatic carbocycles. The highest BCUT2D eigenvalue weighted by Crippen LogP contribution is 2.26. The largest absolute Gasteiger partial charge is 0.497 e. The van der Waals surface area contributed by atoms with Crippen molar-refractivity contribution in [3.05, 3.63) is 23.8 Å². The second kappa shape index (κ2) is 9.40. The van der Waals surface area contributed by atoms with Crippen LogP contribution in [0.3, 0.4) is 0 Å². The van der Waals surface area contributed by atoms with Crippen molar-refractivity contribution < 1.29 is 23.8 Å². The summed E-state index contributed by atoms with van der Waals surface area (Å²) in [5, 5.41) is 0. The van der Waals surface area contributed by atoms with Crippen LogP contribution in [-0.2, 0) is 9.53 Å². The second-order valence-electron chi connectivity index (χ2n) is 6.20. The third kappa shape index (κ3) is 4.86. The molecule has 2 N–H and O–H groups in total. The van der Waals surface area contributed by atoms with E-state index in [4.69, 9.17) is 19.9 Å². The first-order valence-electron chi connectivity index (χ1n) is 8.61. The SMILES string of the molecule is COc1ccc(OCCCN)c(C(=O)N2CCO[C@H](C(=O)N(C)C)C2)c1. The van der Waals surface area contributed by atoms with Crippen molar-refractivity contribution in [2.45, 2.75) is 12.5 Å². The second-order valence-corrected chi connectivity index (χ2v) is 6.20. The van der Waals surface area contributed by atoms with E-state index in [0.717, 1.165) is 0 Å². The van der Waals surface area contributed by atoms with E-state index >= 15 is 0 Å². The molecule has 8 nitrogen and oxygen atoms in total. The number of nitrogens with zero attached hydrogens (tertiary/aromatic N) is 2. The first kappa shape index (κ1) is 20.0. The zero-order chi connectivity index (χ0) is 19.1. The molecule has 1 saturated heterocycles. The molecule has 0 saturated carbocycles. The van der Waals surface area contributed by atoms with Crippen molar-refractivity contribution in [1.29, 1.82) is 0 Å². The zero-order valence-corrected chi connectivity index (χ0v) is 15.6. The molecule has 2 rings (SSSR count). The Hall–Kier alpha value is -2.32. The molecule has 1 aromatic rings. The van der Waals surface area contributed by atoms with Crippen molar-refractivity contribution in [2.24, 2.45) is 5.73 Å². The van der Waals surface area contributed by atoms with Gasteiger partial charge in [0.2, 0.25) is 0 Å². The number of nitrogens with two attached hydrogens (primary N) is 1. The van der Waals surface area contributed by atoms with Crippen molar-refractivity contribution >= 4 is 11.8 Å². The topological polar surface area (TPSA) is 94.3 Å². The number of methoxy groups -OCH3 is 1. The van der Waals surface area contributed by atoms with Crippen LogP contribution in [0.2, 0.25) is 0 Å². The average molecular weight is 365 g/mol. The Labute approximate surface area is 153 Å². The summed E-state index contributed by atoms with van der Waals surface area (Å²) in [7, 11) is 4.87. The Morgan fingerprint density at radius 2 is 2.15 bits per heavy atom. The number of carbonyl (C=O) groups is 2. The number of likely N-dealkylation sites (N-methyl/N-ethyl adjacent to an activating group) is 1. The summed E-state index contributed by atoms with van der Waals surface area (Å²) in [6.07, 6.45) is 0.0336. The molecule has 0 spiro atoms. The molecule has 8 heteroatoms. The van der Waals surface area contributed by atoms with Gasteiger partial charge in [-0.3, -0.25) is 9.59 Å². The normalized spacial score (nSPS) is 16.9. The standard InChI is InChI=1S/C18H27N3O5/c1-20(2)18(23)16-12-21(8-10-26-16)17(22)14-11-13(24-3)5-6-15(14)25-9-4-7-19/h5-6,11,16H,4,7-10,12,19H2,1-3H3/t16-/m0/s1. The van der Waals surface area contributed by atoms with E-state index in [2.05, 4.69) is 0 Å². The van der Waals surface area contributed by atoms with Gasteiger partial charge in [-0.25, -0.2) is 0 Å². The highest BCUT2D eigenvalue weighted by Gasteiger charge is 2.31. The van der Waals surface area contributed by atoms with Crippen LogP contribution in [-0.4, -0.2) is 81.8 Å². The lowest BCUT2D eigenvalue weighted by atomic mass is 10.1. The van der Waals surface area contributed by atoms with Crippen molar-refractivity contribution in [1.82, 2.24) is 9.80 Å². The van der Waals surface area contributed by atoms with E-state index < -0.39 is 6.10 Å². The van der Waals surface area contributed by atoms with Gasteiger partial charge in [0.05, 0.1) is 32.4 Å². The smallest absolute Gasteiger partial charge is 0.257 e. The number of carbonyl (C=O) groups excluding carboxylic acids is 2. The summed E-state index contributed by atoms with van der Waals surface area (Å²) >= 11 is 0. The lowest BCUT2D eigenvalue weighted by Crippen LogP contribution is -2.51. The maximum absolute atomic E-state index is 13.0. The minimum atomic E-state index is -0.657. The lowest BCUT2D eigenvalue weighted by Gasteiger charge is -2.33. The molecule has 26 heavy (non-hydrogen) atoms. The minimum absolute atomic E-state index is 0.160. The summed E-state index contributed by atoms with van der Waals surface area (Å²) in [5.41, 5.74) is 5.90. The van der Waals surface area contributed by atoms with Gasteiger partial charge in [0, 0.05) is 20.6 Å². The molecule has 0 bridgehead atoms. The van der Waals surface area contributed by atoms with Gasteiger partial charge in [0.25, 0.3) is 11.8 Å². The Morgan fingerprint density at radius 3 is 2.81 bits per heavy atom. The van der Waals surface area contributed by atoms with Crippen LogP contribution in [0.5, 0.6) is 11.5 Å². The summed E-state index contributed by atoms with van der Waals surface area (Å²) in [6, 6.07) is 5.11. The number of ether oxygens (including phenoxy) is 3. The van der Waals surface area contributed by atoms with Crippen molar-refractivity contribution in [2.75, 3.05) is 54.1 Å². The molecule has 0 radical (unpaired) electrons. The Kier molecular flexibility index (Phi) is 7.23. The van der Waals surface area contributed by atoms with Crippen LogP contribution >= 0.6 is 0 Å². The number of morpholine rings is 1. The van der Waals surface area contributed by atoms with E-state index in [1.165, 1.54) is 4.90 Å². The molecule has 1 fully saturated rings. The van der Waals surface area contributed by atoms with Crippen molar-refractivity contribution in [3.8, 4) is 11.5 Å². The van der Waals surface area contributed by atoms with Crippen LogP contribution in [0.25, 0.3) is 0 Å². The van der Waals surface area contributed by atoms with Gasteiger partial charge in [0.1, 0.15) is 11.5 Å². The van der Waals surface area contributed by atoms with E-state index in [1.54, 1.807) is 44.3 Å². The van der Waals surface area contributed by atoms with Gasteiger partial charge in [-0.05, 0) is 31.2 Å². The first-order chi connectivity index (χ1) is 12.5. The molecule has 2 amide bonds. The fourth-order valence-corrected chi connectivity index (χ4v) is 2.64. The Bertz CT molecular complexity index is 635. The summed E-state index contributed by atoms with van der Waals surface area (Å²) in [5.74, 6) is 0.666. The van der Waals surface area contributed by atoms with Gasteiger partial charge < -0.3 is 29.7 Å². The third-order valence-electron chi connectivity index (χ3n) is 4.09. The number of hydrogen-bond donors (Lipinski definition) is 1. The van der Waals surface area contributed by atoms with E-state index in [0.29, 0.717) is 49.8 Å². The first-order valence-corrected chi connectivity index (χ1v) is 8.61. The summed E-state index contributed by atoms with van der Waals surface area (Å²) < 4.78 is 16.5. The third-order valence-corrected chi connectivity index (χ3v) is 4.09. The van der Waals surface area contributed by atoms with Gasteiger partial charge in [-0.15, -0.1) is 0 Å². The average Bonchev–Trinajstić information content (AvgIpc) is 2.67. The molecule has 0 aromatic heterocycles. The Morgan fingerprint density at radius 1 is 1.38 bits per heavy atom. The van der Waals surface area contributed by atoms with E-state index in [9.17, 15) is 9.59 Å². The summed E-state index contributed by atoms with van der Waals surface area (Å²) in [4.78, 5) is 28.3. The highest BCUT2D eigenvalue weighted by atomic mass is 16.5. The molecule has 1 atom stereocenters. The number of amides is 2. The van der Waals surface area contributed by atoms with Crippen LogP contribution in [0, 0.1) is 0 Å². The van der Waals surface area contributed by atoms with Gasteiger partial charge in [0.15, 0.2) is 6.10 Å². The highest BCUT2D eigenvalue weighted by molar-refractivity contribution is 5.98. The molecule has 1 aliphatic rings. The van der Waals surface area contributed by atoms with Crippen LogP contribution in [0.4, 0.5) is 0 Å². The molecular weight excluding hydrogens is 338 g/mol. The fraction of sp³-hybridized carbons (Fsp3) is 0.556. The predicted molar refractivity (Wildman–Crippen MR) is 96.5 cm³/mol. The molecule has 1 aliphatic heterocycles. The Balaban J connectivity index is 2.19. The molecule has 144 valence electrons. The van der Waals surface area contributed by atoms with Gasteiger partial charge in [-0.2, -0.15) is 0 Å². The zero-order valence-electron chi connectivity index (χ0n) is 15.6. The predicted octanol–water partition coefficient (Wildman–Crippen LogP) is 0.352. The maximum atomic E-state index is 13.0. The van der Waals surface area contributed by atoms with Gasteiger partial charge >= 0.3 is 0 Å². The molecular formula is C18H27N3O5. The minimum Gasteiger partial charge on any atom is -0.497 e. The van der Waals surface area contributed by atoms with Gasteiger partial charge in [-0.1, -0.05) is 0 Å². The number of benzene rings is 1. The van der Waals surface area contributed by atoms with E-state index in [1.807, 2.05) is 0 Å². The lowest BCUT2D eigenvalue weighted by molar-refractivity contribution is -0.145. The van der Waals surface area contributed by atoms with E-state index in [-0.39, 0.29) is 18.4 Å². The number of hydrogen-bond acceptors (Lipinski definition) is 6. The maximum Gasteiger partial charge on any atom is 0.257 e. The molecule has 0 unspecified atom stereocenters. The van der Waals surface area contributed by atoms with Crippen LogP contribution < -0.4 is 15.2 Å². The van der Waals surface area contributed by atoms with Crippen molar-refractivity contribution in [3.63, 3.8) is 0 Å². The fourth-order valence-electron chi connectivity index (χ4n) is 2.64. The van der Waals surface area contributed by atoms with Crippen LogP contribution in [0.15, 0.2) is 18.2 Å².